The van der Waals surface area contributed by atoms with Crippen LogP contribution in [0.1, 0.15) is 18.5 Å². The molecule has 1 aromatic rings. The molecule has 0 amide bonds. The summed E-state index contributed by atoms with van der Waals surface area (Å²) in [7, 11) is 1.67. The molecule has 1 aliphatic heterocycles. The van der Waals surface area contributed by atoms with E-state index in [-0.39, 0.29) is 24.8 Å². The maximum absolute atomic E-state index is 9.31. The van der Waals surface area contributed by atoms with Crippen LogP contribution in [0.4, 0.5) is 0 Å². The summed E-state index contributed by atoms with van der Waals surface area (Å²) in [6.07, 6.45) is -0.144. The molecule has 5 heteroatoms. The van der Waals surface area contributed by atoms with Crippen LogP contribution in [0.2, 0.25) is 0 Å². The Morgan fingerprint density at radius 2 is 2.25 bits per heavy atom. The van der Waals surface area contributed by atoms with E-state index in [1.807, 2.05) is 24.3 Å². The Balaban J connectivity index is 2.26. The normalized spacial score (nSPS) is 25.4. The number of benzene rings is 1. The summed E-state index contributed by atoms with van der Waals surface area (Å²) in [5.41, 5.74) is 7.09. The number of rotatable bonds is 5. The highest BCUT2D eigenvalue weighted by molar-refractivity contribution is 5.36. The number of hydrogen-bond acceptors (Lipinski definition) is 5. The Bertz CT molecular complexity index is 427. The molecule has 112 valence electrons. The van der Waals surface area contributed by atoms with Crippen LogP contribution in [-0.2, 0) is 4.74 Å². The number of morpholine rings is 1. The van der Waals surface area contributed by atoms with Crippen LogP contribution in [-0.4, -0.2) is 55.6 Å². The maximum Gasteiger partial charge on any atom is 0.123 e. The number of ether oxygens (including phenoxy) is 2. The molecule has 3 atom stereocenters. The van der Waals surface area contributed by atoms with E-state index in [0.29, 0.717) is 19.7 Å². The van der Waals surface area contributed by atoms with Gasteiger partial charge in [-0.2, -0.15) is 0 Å². The average Bonchev–Trinajstić information content (AvgIpc) is 2.50. The summed E-state index contributed by atoms with van der Waals surface area (Å²) in [6.45, 7) is 3.94. The number of nitrogens with zero attached hydrogens (tertiary/aromatic N) is 1. The van der Waals surface area contributed by atoms with E-state index in [2.05, 4.69) is 11.8 Å². The molecule has 0 aromatic heterocycles. The summed E-state index contributed by atoms with van der Waals surface area (Å²) in [6, 6.07) is 8.28. The quantitative estimate of drug-likeness (QED) is 0.834. The van der Waals surface area contributed by atoms with Crippen LogP contribution in [0, 0.1) is 0 Å². The zero-order valence-electron chi connectivity index (χ0n) is 12.2. The first-order chi connectivity index (χ1) is 9.71. The van der Waals surface area contributed by atoms with Gasteiger partial charge in [0.25, 0.3) is 0 Å². The Hall–Kier alpha value is -1.14. The Morgan fingerprint density at radius 1 is 1.50 bits per heavy atom. The van der Waals surface area contributed by atoms with Crippen molar-refractivity contribution in [2.45, 2.75) is 25.1 Å². The molecule has 0 bridgehead atoms. The Labute approximate surface area is 120 Å². The predicted octanol–water partition coefficient (Wildman–Crippen LogP) is 0.777. The van der Waals surface area contributed by atoms with Gasteiger partial charge in [-0.25, -0.2) is 0 Å². The van der Waals surface area contributed by atoms with Crippen LogP contribution in [0.25, 0.3) is 0 Å². The van der Waals surface area contributed by atoms with E-state index < -0.39 is 0 Å². The standard InChI is InChI=1S/C15H24N2O3/c1-11-10-20-12(9-18)8-17(11)14(7-16)13-5-3-4-6-15(13)19-2/h3-6,11-12,14,18H,7-10,16H2,1-2H3. The van der Waals surface area contributed by atoms with Gasteiger partial charge in [0.15, 0.2) is 0 Å². The molecule has 0 aliphatic carbocycles. The van der Waals surface area contributed by atoms with Gasteiger partial charge >= 0.3 is 0 Å². The lowest BCUT2D eigenvalue weighted by Gasteiger charge is -2.42. The number of nitrogens with two attached hydrogens (primary N) is 1. The van der Waals surface area contributed by atoms with Crippen LogP contribution in [0.3, 0.4) is 0 Å². The highest BCUT2D eigenvalue weighted by Crippen LogP contribution is 2.31. The lowest BCUT2D eigenvalue weighted by Crippen LogP contribution is -2.52. The van der Waals surface area contributed by atoms with Crippen molar-refractivity contribution >= 4 is 0 Å². The van der Waals surface area contributed by atoms with E-state index in [0.717, 1.165) is 11.3 Å². The third-order valence-corrected chi connectivity index (χ3v) is 3.88. The minimum absolute atomic E-state index is 0.0342. The molecule has 5 nitrogen and oxygen atoms in total. The van der Waals surface area contributed by atoms with Crippen molar-refractivity contribution in [3.8, 4) is 5.75 Å². The highest BCUT2D eigenvalue weighted by Gasteiger charge is 2.32. The van der Waals surface area contributed by atoms with E-state index in [1.54, 1.807) is 7.11 Å². The highest BCUT2D eigenvalue weighted by atomic mass is 16.5. The second kappa shape index (κ2) is 7.04. The zero-order valence-corrected chi connectivity index (χ0v) is 12.2. The predicted molar refractivity (Wildman–Crippen MR) is 77.8 cm³/mol. The molecule has 0 radical (unpaired) electrons. The van der Waals surface area contributed by atoms with Gasteiger partial charge in [0.2, 0.25) is 0 Å². The molecule has 1 aromatic carbocycles. The summed E-state index contributed by atoms with van der Waals surface area (Å²) in [5.74, 6) is 0.849. The number of aliphatic hydroxyl groups is 1. The zero-order chi connectivity index (χ0) is 14.5. The van der Waals surface area contributed by atoms with Gasteiger partial charge in [0.05, 0.1) is 32.5 Å². The molecular weight excluding hydrogens is 256 g/mol. The van der Waals surface area contributed by atoms with Crippen molar-refractivity contribution in [3.63, 3.8) is 0 Å². The molecule has 20 heavy (non-hydrogen) atoms. The summed E-state index contributed by atoms with van der Waals surface area (Å²) >= 11 is 0. The minimum Gasteiger partial charge on any atom is -0.496 e. The van der Waals surface area contributed by atoms with Crippen LogP contribution in [0.5, 0.6) is 5.75 Å². The summed E-state index contributed by atoms with van der Waals surface area (Å²) in [4.78, 5) is 2.29. The molecule has 0 saturated carbocycles. The summed E-state index contributed by atoms with van der Waals surface area (Å²) in [5, 5.41) is 9.31. The first-order valence-corrected chi connectivity index (χ1v) is 7.02. The Morgan fingerprint density at radius 3 is 2.90 bits per heavy atom. The van der Waals surface area contributed by atoms with Gasteiger partial charge in [-0.1, -0.05) is 18.2 Å². The number of methoxy groups -OCH3 is 1. The third-order valence-electron chi connectivity index (χ3n) is 3.88. The fourth-order valence-corrected chi connectivity index (χ4v) is 2.77. The van der Waals surface area contributed by atoms with Gasteiger partial charge in [-0.3, -0.25) is 4.90 Å². The molecule has 2 rings (SSSR count). The van der Waals surface area contributed by atoms with Crippen molar-refractivity contribution in [2.75, 3.05) is 33.4 Å². The summed E-state index contributed by atoms with van der Waals surface area (Å²) < 4.78 is 11.0. The smallest absolute Gasteiger partial charge is 0.123 e. The SMILES string of the molecule is COc1ccccc1C(CN)N1CC(CO)OCC1C. The molecule has 3 N–H and O–H groups in total. The first kappa shape index (κ1) is 15.3. The molecule has 1 fully saturated rings. The van der Waals surface area contributed by atoms with E-state index >= 15 is 0 Å². The minimum atomic E-state index is -0.144. The van der Waals surface area contributed by atoms with E-state index in [4.69, 9.17) is 15.2 Å². The second-order valence-corrected chi connectivity index (χ2v) is 5.18. The largest absolute Gasteiger partial charge is 0.496 e. The Kier molecular flexibility index (Phi) is 5.37. The van der Waals surface area contributed by atoms with Crippen molar-refractivity contribution in [3.05, 3.63) is 29.8 Å². The molecule has 1 saturated heterocycles. The molecule has 0 spiro atoms. The first-order valence-electron chi connectivity index (χ1n) is 7.02. The fraction of sp³-hybridized carbons (Fsp3) is 0.600. The lowest BCUT2D eigenvalue weighted by molar-refractivity contribution is -0.0908. The van der Waals surface area contributed by atoms with E-state index in [1.165, 1.54) is 0 Å². The monoisotopic (exact) mass is 280 g/mol. The topological polar surface area (TPSA) is 68.0 Å². The molecular formula is C15H24N2O3. The average molecular weight is 280 g/mol. The maximum atomic E-state index is 9.31. The van der Waals surface area contributed by atoms with Gasteiger partial charge < -0.3 is 20.3 Å². The van der Waals surface area contributed by atoms with Crippen LogP contribution in [0.15, 0.2) is 24.3 Å². The lowest BCUT2D eigenvalue weighted by atomic mass is 10.0. The molecule has 1 aliphatic rings. The third kappa shape index (κ3) is 3.12. The van der Waals surface area contributed by atoms with Crippen molar-refractivity contribution in [2.24, 2.45) is 5.73 Å². The van der Waals surface area contributed by atoms with Gasteiger partial charge in [-0.05, 0) is 13.0 Å². The van der Waals surface area contributed by atoms with Crippen LogP contribution >= 0.6 is 0 Å². The van der Waals surface area contributed by atoms with Crippen LogP contribution < -0.4 is 10.5 Å². The molecule has 3 unspecified atom stereocenters. The second-order valence-electron chi connectivity index (χ2n) is 5.18. The van der Waals surface area contributed by atoms with Gasteiger partial charge in [0.1, 0.15) is 5.75 Å². The molecule has 1 heterocycles. The van der Waals surface area contributed by atoms with Crippen molar-refractivity contribution in [1.82, 2.24) is 4.90 Å². The number of aliphatic hydroxyl groups excluding tert-OH is 1. The van der Waals surface area contributed by atoms with E-state index in [9.17, 15) is 5.11 Å². The van der Waals surface area contributed by atoms with Gasteiger partial charge in [-0.15, -0.1) is 0 Å². The number of hydrogen-bond donors (Lipinski definition) is 2. The van der Waals surface area contributed by atoms with Gasteiger partial charge in [0, 0.05) is 24.7 Å². The van der Waals surface area contributed by atoms with Crippen molar-refractivity contribution < 1.29 is 14.6 Å². The number of para-hydroxylation sites is 1. The fourth-order valence-electron chi connectivity index (χ4n) is 2.77. The van der Waals surface area contributed by atoms with Crippen molar-refractivity contribution in [1.29, 1.82) is 0 Å².